The minimum Gasteiger partial charge on any atom is -0.373 e. The van der Waals surface area contributed by atoms with E-state index in [1.54, 1.807) is 12.3 Å². The van der Waals surface area contributed by atoms with E-state index in [4.69, 9.17) is 0 Å². The van der Waals surface area contributed by atoms with Gasteiger partial charge in [-0.25, -0.2) is 9.37 Å². The molecule has 2 rings (SSSR count). The van der Waals surface area contributed by atoms with Crippen molar-refractivity contribution in [1.82, 2.24) is 4.98 Å². The topological polar surface area (TPSA) is 24.9 Å². The number of aromatic nitrogens is 1. The first-order valence-corrected chi connectivity index (χ1v) is 6.87. The predicted molar refractivity (Wildman–Crippen MR) is 89.2 cm³/mol. The first-order valence-electron chi connectivity index (χ1n) is 6.87. The summed E-state index contributed by atoms with van der Waals surface area (Å²) in [7, 11) is 1.83. The van der Waals surface area contributed by atoms with Crippen LogP contribution < -0.4 is 5.32 Å². The molecule has 0 saturated carbocycles. The fourth-order valence-corrected chi connectivity index (χ4v) is 2.09. The maximum Gasteiger partial charge on any atom is 0.131 e. The molecule has 0 radical (unpaired) electrons. The van der Waals surface area contributed by atoms with Gasteiger partial charge in [0.05, 0.1) is 0 Å². The van der Waals surface area contributed by atoms with Gasteiger partial charge in [0.25, 0.3) is 0 Å². The van der Waals surface area contributed by atoms with E-state index in [-0.39, 0.29) is 5.82 Å². The Morgan fingerprint density at radius 3 is 2.59 bits per heavy atom. The van der Waals surface area contributed by atoms with Crippen LogP contribution in [0.3, 0.4) is 0 Å². The summed E-state index contributed by atoms with van der Waals surface area (Å²) in [5.74, 6) is 6.68. The smallest absolute Gasteiger partial charge is 0.131 e. The molecule has 110 valence electrons. The van der Waals surface area contributed by atoms with Gasteiger partial charge in [-0.05, 0) is 49.2 Å². The van der Waals surface area contributed by atoms with Crippen LogP contribution >= 0.6 is 0 Å². The quantitative estimate of drug-likeness (QED) is 0.666. The summed E-state index contributed by atoms with van der Waals surface area (Å²) in [6.07, 6.45) is 3.22. The molecule has 0 aliphatic carbocycles. The Labute approximate surface area is 130 Å². The van der Waals surface area contributed by atoms with Gasteiger partial charge in [0.15, 0.2) is 0 Å². The van der Waals surface area contributed by atoms with Gasteiger partial charge in [-0.1, -0.05) is 18.4 Å². The van der Waals surface area contributed by atoms with E-state index < -0.39 is 0 Å². The molecule has 1 aromatic carbocycles. The lowest BCUT2D eigenvalue weighted by Gasteiger charge is -2.03. The lowest BCUT2D eigenvalue weighted by atomic mass is 10.0. The molecular formula is C19H17FN2. The fourth-order valence-electron chi connectivity index (χ4n) is 2.09. The highest BCUT2D eigenvalue weighted by Crippen LogP contribution is 2.16. The number of aryl methyl sites for hydroxylation is 2. The minimum absolute atomic E-state index is 0.296. The molecule has 0 aliphatic rings. The van der Waals surface area contributed by atoms with E-state index in [1.165, 1.54) is 12.1 Å². The monoisotopic (exact) mass is 292 g/mol. The number of nitrogens with one attached hydrogen (secondary N) is 1. The molecule has 1 aromatic heterocycles. The van der Waals surface area contributed by atoms with E-state index >= 15 is 0 Å². The summed E-state index contributed by atoms with van der Waals surface area (Å²) in [5, 5.41) is 3.02. The minimum atomic E-state index is -0.296. The van der Waals surface area contributed by atoms with Crippen molar-refractivity contribution in [2.24, 2.45) is 0 Å². The van der Waals surface area contributed by atoms with Gasteiger partial charge < -0.3 is 5.32 Å². The normalized spacial score (nSPS) is 9.45. The zero-order valence-electron chi connectivity index (χ0n) is 12.9. The Bertz CT molecular complexity index is 819. The largest absolute Gasteiger partial charge is 0.373 e. The Balaban J connectivity index is 2.41. The van der Waals surface area contributed by atoms with Crippen LogP contribution in [0.25, 0.3) is 6.08 Å². The molecular weight excluding hydrogens is 275 g/mol. The van der Waals surface area contributed by atoms with E-state index in [9.17, 15) is 4.39 Å². The van der Waals surface area contributed by atoms with E-state index in [1.807, 2.05) is 27.0 Å². The van der Waals surface area contributed by atoms with Crippen molar-refractivity contribution in [2.45, 2.75) is 13.8 Å². The lowest BCUT2D eigenvalue weighted by Crippen LogP contribution is -1.95. The Morgan fingerprint density at radius 2 is 1.95 bits per heavy atom. The van der Waals surface area contributed by atoms with Gasteiger partial charge in [-0.15, -0.1) is 5.73 Å². The van der Waals surface area contributed by atoms with E-state index in [0.717, 1.165) is 28.1 Å². The molecule has 3 heteroatoms. The molecule has 2 aromatic rings. The highest BCUT2D eigenvalue weighted by atomic mass is 19.1. The molecule has 0 unspecified atom stereocenters. The number of nitrogens with zero attached hydrogens (tertiary/aromatic N) is 1. The highest BCUT2D eigenvalue weighted by Gasteiger charge is 2.04. The molecule has 0 fully saturated rings. The maximum absolute atomic E-state index is 13.8. The number of anilines is 1. The maximum atomic E-state index is 13.8. The van der Waals surface area contributed by atoms with Crippen LogP contribution in [0.2, 0.25) is 0 Å². The first-order chi connectivity index (χ1) is 10.5. The standard InChI is InChI=1S/C19H17FN2/c1-5-6-17-11-16(13(2)10-18(17)20)8-7-15-9-14(3)19(21-4)22-12-15/h6,9-12H,1H2,2-4H3,(H,21,22). The fraction of sp³-hybridized carbons (Fsp3) is 0.158. The molecule has 0 spiro atoms. The van der Waals surface area contributed by atoms with Crippen molar-refractivity contribution in [3.63, 3.8) is 0 Å². The number of hydrogen-bond donors (Lipinski definition) is 1. The van der Waals surface area contributed by atoms with Crippen LogP contribution in [0.4, 0.5) is 10.2 Å². The highest BCUT2D eigenvalue weighted by molar-refractivity contribution is 5.57. The summed E-state index contributed by atoms with van der Waals surface area (Å²) >= 11 is 0. The van der Waals surface area contributed by atoms with Crippen LogP contribution in [0.15, 0.2) is 36.7 Å². The van der Waals surface area contributed by atoms with E-state index in [2.05, 4.69) is 34.5 Å². The van der Waals surface area contributed by atoms with Crippen molar-refractivity contribution in [3.05, 3.63) is 70.3 Å². The molecule has 1 heterocycles. The number of hydrogen-bond acceptors (Lipinski definition) is 2. The van der Waals surface area contributed by atoms with Crippen LogP contribution in [-0.4, -0.2) is 12.0 Å². The summed E-state index contributed by atoms with van der Waals surface area (Å²) in [6.45, 7) is 7.28. The number of benzene rings is 1. The molecule has 0 saturated heterocycles. The van der Waals surface area contributed by atoms with E-state index in [0.29, 0.717) is 5.56 Å². The molecule has 0 atom stereocenters. The summed E-state index contributed by atoms with van der Waals surface area (Å²) < 4.78 is 13.8. The Kier molecular flexibility index (Phi) is 4.78. The van der Waals surface area contributed by atoms with Gasteiger partial charge in [0.1, 0.15) is 11.6 Å². The first kappa shape index (κ1) is 15.6. The van der Waals surface area contributed by atoms with Crippen molar-refractivity contribution < 1.29 is 4.39 Å². The molecule has 1 N–H and O–H groups in total. The van der Waals surface area contributed by atoms with Crippen LogP contribution in [0, 0.1) is 31.5 Å². The van der Waals surface area contributed by atoms with Crippen LogP contribution in [0.5, 0.6) is 0 Å². The van der Waals surface area contributed by atoms with Crippen molar-refractivity contribution in [3.8, 4) is 11.8 Å². The van der Waals surface area contributed by atoms with Gasteiger partial charge >= 0.3 is 0 Å². The molecule has 0 bridgehead atoms. The SMILES string of the molecule is C=C=Cc1cc(C#Cc2cnc(NC)c(C)c2)c(C)cc1F. The van der Waals surface area contributed by atoms with Gasteiger partial charge in [-0.3, -0.25) is 0 Å². The number of pyridine rings is 1. The second-order valence-corrected chi connectivity index (χ2v) is 4.93. The lowest BCUT2D eigenvalue weighted by molar-refractivity contribution is 0.623. The predicted octanol–water partition coefficient (Wildman–Crippen LogP) is 4.08. The third kappa shape index (κ3) is 3.44. The van der Waals surface area contributed by atoms with Crippen molar-refractivity contribution in [2.75, 3.05) is 12.4 Å². The van der Waals surface area contributed by atoms with Crippen LogP contribution in [-0.2, 0) is 0 Å². The van der Waals surface area contributed by atoms with Gasteiger partial charge in [0, 0.05) is 29.9 Å². The van der Waals surface area contributed by atoms with Gasteiger partial charge in [-0.2, -0.15) is 0 Å². The third-order valence-electron chi connectivity index (χ3n) is 3.26. The number of halogens is 1. The summed E-state index contributed by atoms with van der Waals surface area (Å²) in [6, 6.07) is 5.15. The van der Waals surface area contributed by atoms with Crippen molar-refractivity contribution in [1.29, 1.82) is 0 Å². The zero-order valence-corrected chi connectivity index (χ0v) is 12.9. The molecule has 0 aliphatic heterocycles. The average Bonchev–Trinajstić information content (AvgIpc) is 2.49. The Morgan fingerprint density at radius 1 is 1.18 bits per heavy atom. The molecule has 22 heavy (non-hydrogen) atoms. The molecule has 0 amide bonds. The summed E-state index contributed by atoms with van der Waals surface area (Å²) in [4.78, 5) is 4.29. The number of rotatable bonds is 2. The molecule has 2 nitrogen and oxygen atoms in total. The second-order valence-electron chi connectivity index (χ2n) is 4.93. The Hall–Kier alpha value is -2.82. The second kappa shape index (κ2) is 6.76. The average molecular weight is 292 g/mol. The van der Waals surface area contributed by atoms with Crippen LogP contribution in [0.1, 0.15) is 27.8 Å². The summed E-state index contributed by atoms with van der Waals surface area (Å²) in [5.41, 5.74) is 6.44. The van der Waals surface area contributed by atoms with Gasteiger partial charge in [0.2, 0.25) is 0 Å². The van der Waals surface area contributed by atoms with Crippen molar-refractivity contribution >= 4 is 11.9 Å². The zero-order chi connectivity index (χ0) is 16.1. The third-order valence-corrected chi connectivity index (χ3v) is 3.26.